The van der Waals surface area contributed by atoms with Gasteiger partial charge in [0.2, 0.25) is 10.1 Å². The van der Waals surface area contributed by atoms with Crippen LogP contribution in [0, 0.1) is 6.07 Å². The quantitative estimate of drug-likeness (QED) is 0.303. The molecule has 2 rings (SSSR count). The molecule has 26 heavy (non-hydrogen) atoms. The van der Waals surface area contributed by atoms with Gasteiger partial charge in [0, 0.05) is 10.6 Å². The van der Waals surface area contributed by atoms with Gasteiger partial charge in [0.05, 0.1) is 19.8 Å². The van der Waals surface area contributed by atoms with Gasteiger partial charge < -0.3 is 14.2 Å². The molecule has 0 aliphatic heterocycles. The van der Waals surface area contributed by atoms with Crippen LogP contribution in [0.5, 0.6) is 11.5 Å². The number of carbonyl (C=O) groups is 2. The molecule has 1 N–H and O–H groups in total. The maximum Gasteiger partial charge on any atom is 1.00 e. The van der Waals surface area contributed by atoms with Crippen molar-refractivity contribution in [1.29, 1.82) is 0 Å². The average molecular weight is 388 g/mol. The molecule has 0 aliphatic rings. The molecule has 0 amide bonds. The smallest absolute Gasteiger partial charge is 0.481 e. The third-order valence-corrected chi connectivity index (χ3v) is 3.98. The molecule has 0 spiro atoms. The number of carbonyl (C=O) groups excluding carboxylic acids is 2. The predicted molar refractivity (Wildman–Crippen MR) is 84.3 cm³/mol. The molecule has 0 atom stereocenters. The number of esters is 2. The fraction of sp³-hybridized carbons (Fsp3) is 0.125. The van der Waals surface area contributed by atoms with Gasteiger partial charge in [-0.1, -0.05) is 6.07 Å². The maximum atomic E-state index is 12.1. The predicted octanol–water partition coefficient (Wildman–Crippen LogP) is -0.897. The Labute approximate surface area is 172 Å². The zero-order valence-corrected chi connectivity index (χ0v) is 17.0. The minimum atomic E-state index is -4.59. The molecule has 8 nitrogen and oxygen atoms in total. The average Bonchev–Trinajstić information content (AvgIpc) is 2.59. The zero-order chi connectivity index (χ0) is 18.6. The van der Waals surface area contributed by atoms with Crippen LogP contribution in [-0.4, -0.2) is 39.1 Å². The van der Waals surface area contributed by atoms with Crippen LogP contribution in [0.4, 0.5) is 0 Å². The van der Waals surface area contributed by atoms with Crippen molar-refractivity contribution in [3.05, 3.63) is 53.6 Å². The van der Waals surface area contributed by atoms with E-state index < -0.39 is 27.0 Å². The van der Waals surface area contributed by atoms with Crippen LogP contribution < -0.4 is 34.3 Å². The molecular formula is C16H13NaO8S. The largest absolute Gasteiger partial charge is 1.00 e. The Morgan fingerprint density at radius 2 is 1.69 bits per heavy atom. The fourth-order valence-corrected chi connectivity index (χ4v) is 2.59. The first kappa shape index (κ1) is 22.1. The van der Waals surface area contributed by atoms with Crippen molar-refractivity contribution < 1.29 is 66.3 Å². The van der Waals surface area contributed by atoms with Crippen LogP contribution in [0.1, 0.15) is 20.7 Å². The molecule has 2 aromatic rings. The summed E-state index contributed by atoms with van der Waals surface area (Å²) in [6, 6.07) is 10.2. The van der Waals surface area contributed by atoms with E-state index in [-0.39, 0.29) is 52.2 Å². The summed E-state index contributed by atoms with van der Waals surface area (Å²) in [5.74, 6) is -2.09. The molecule has 10 heteroatoms. The standard InChI is InChI=1S/C16H13O8S.Na/c1-22-15(17)10-6-5-8-12(14(10)16(18)23-2)24-11-7-3-4-9-13(11)25(19,20)21;/h3,5-9H,1-2H3,(H,19,20,21);/q-1;+1. The Bertz CT molecular complexity index is 924. The van der Waals surface area contributed by atoms with Crippen molar-refractivity contribution in [3.63, 3.8) is 0 Å². The van der Waals surface area contributed by atoms with Crippen molar-refractivity contribution in [2.24, 2.45) is 0 Å². The molecule has 0 unspecified atom stereocenters. The van der Waals surface area contributed by atoms with E-state index in [1.165, 1.54) is 30.3 Å². The number of ether oxygens (including phenoxy) is 3. The van der Waals surface area contributed by atoms with Gasteiger partial charge in [0.25, 0.3) is 0 Å². The van der Waals surface area contributed by atoms with Gasteiger partial charge >= 0.3 is 41.5 Å². The molecule has 132 valence electrons. The van der Waals surface area contributed by atoms with Crippen LogP contribution in [0.3, 0.4) is 0 Å². The van der Waals surface area contributed by atoms with Crippen molar-refractivity contribution >= 4 is 22.1 Å². The Hall–Kier alpha value is -1.91. The molecule has 0 radical (unpaired) electrons. The van der Waals surface area contributed by atoms with E-state index in [9.17, 15) is 22.6 Å². The van der Waals surface area contributed by atoms with E-state index in [1.807, 2.05) is 0 Å². The molecule has 0 saturated carbocycles. The fourth-order valence-electron chi connectivity index (χ4n) is 2.01. The van der Waals surface area contributed by atoms with Crippen LogP contribution in [0.2, 0.25) is 0 Å². The first-order valence-corrected chi connectivity index (χ1v) is 8.18. The molecule has 0 aromatic heterocycles. The third kappa shape index (κ3) is 4.83. The van der Waals surface area contributed by atoms with Gasteiger partial charge in [-0.2, -0.15) is 18.2 Å². The molecule has 0 fully saturated rings. The van der Waals surface area contributed by atoms with E-state index >= 15 is 0 Å². The Morgan fingerprint density at radius 1 is 1.04 bits per heavy atom. The van der Waals surface area contributed by atoms with Crippen LogP contribution in [0.15, 0.2) is 41.3 Å². The number of rotatable bonds is 5. The molecule has 0 aliphatic carbocycles. The summed E-state index contributed by atoms with van der Waals surface area (Å²) in [6.45, 7) is 0. The molecule has 2 aromatic carbocycles. The van der Waals surface area contributed by atoms with Crippen molar-refractivity contribution in [2.75, 3.05) is 14.2 Å². The van der Waals surface area contributed by atoms with Gasteiger partial charge in [0.15, 0.2) is 0 Å². The van der Waals surface area contributed by atoms with Crippen molar-refractivity contribution in [3.8, 4) is 11.5 Å². The second kappa shape index (κ2) is 9.15. The monoisotopic (exact) mass is 388 g/mol. The van der Waals surface area contributed by atoms with E-state index in [4.69, 9.17) is 4.74 Å². The van der Waals surface area contributed by atoms with E-state index in [1.54, 1.807) is 0 Å². The maximum absolute atomic E-state index is 12.1. The number of methoxy groups -OCH3 is 2. The van der Waals surface area contributed by atoms with Crippen LogP contribution >= 0.6 is 0 Å². The Kier molecular flexibility index (Phi) is 7.79. The van der Waals surface area contributed by atoms with Gasteiger partial charge in [-0.25, -0.2) is 18.0 Å². The molecule has 0 saturated heterocycles. The van der Waals surface area contributed by atoms with E-state index in [2.05, 4.69) is 15.5 Å². The van der Waals surface area contributed by atoms with E-state index in [0.717, 1.165) is 20.3 Å². The summed E-state index contributed by atoms with van der Waals surface area (Å²) in [5.41, 5.74) is -0.367. The summed E-state index contributed by atoms with van der Waals surface area (Å²) in [7, 11) is -2.34. The van der Waals surface area contributed by atoms with Crippen LogP contribution in [-0.2, 0) is 19.6 Å². The second-order valence-electron chi connectivity index (χ2n) is 4.61. The normalized spacial score (nSPS) is 10.4. The topological polar surface area (TPSA) is 116 Å². The first-order chi connectivity index (χ1) is 11.8. The third-order valence-electron chi connectivity index (χ3n) is 3.11. The van der Waals surface area contributed by atoms with Crippen LogP contribution in [0.25, 0.3) is 0 Å². The summed E-state index contributed by atoms with van der Waals surface area (Å²) in [6.07, 6.45) is 0. The minimum Gasteiger partial charge on any atom is -0.481 e. The molecule has 0 bridgehead atoms. The van der Waals surface area contributed by atoms with Gasteiger partial charge in [-0.05, 0) is 12.1 Å². The summed E-state index contributed by atoms with van der Waals surface area (Å²) < 4.78 is 46.8. The van der Waals surface area contributed by atoms with E-state index in [0.29, 0.717) is 0 Å². The first-order valence-electron chi connectivity index (χ1n) is 6.74. The molecule has 0 heterocycles. The SMILES string of the molecule is COC(=O)c1cccc(Oc2cc[c-]cc2S(=O)(=O)O)c1C(=O)OC.[Na+]. The van der Waals surface area contributed by atoms with Gasteiger partial charge in [0.1, 0.15) is 11.3 Å². The van der Waals surface area contributed by atoms with Crippen molar-refractivity contribution in [2.45, 2.75) is 4.90 Å². The molecular weight excluding hydrogens is 375 g/mol. The van der Waals surface area contributed by atoms with Crippen molar-refractivity contribution in [1.82, 2.24) is 0 Å². The second-order valence-corrected chi connectivity index (χ2v) is 6.00. The van der Waals surface area contributed by atoms with Gasteiger partial charge in [-0.15, -0.1) is 6.07 Å². The summed E-state index contributed by atoms with van der Waals surface area (Å²) in [5, 5.41) is 0. The Balaban J connectivity index is 0.00000338. The van der Waals surface area contributed by atoms with Gasteiger partial charge in [-0.3, -0.25) is 4.55 Å². The summed E-state index contributed by atoms with van der Waals surface area (Å²) in [4.78, 5) is 23.4. The Morgan fingerprint density at radius 3 is 2.27 bits per heavy atom. The number of hydrogen-bond donors (Lipinski definition) is 1. The number of hydrogen-bond acceptors (Lipinski definition) is 7. The number of benzene rings is 2. The zero-order valence-electron chi connectivity index (χ0n) is 14.2. The summed E-state index contributed by atoms with van der Waals surface area (Å²) >= 11 is 0. The minimum absolute atomic E-state index is 0.